The van der Waals surface area contributed by atoms with E-state index in [-0.39, 0.29) is 11.8 Å². The van der Waals surface area contributed by atoms with Crippen LogP contribution in [0.25, 0.3) is 0 Å². The number of hydrogen-bond acceptors (Lipinski definition) is 4. The van der Waals surface area contributed by atoms with Crippen LogP contribution in [0.2, 0.25) is 0 Å². The fourth-order valence-corrected chi connectivity index (χ4v) is 3.97. The maximum atomic E-state index is 13.1. The fourth-order valence-electron chi connectivity index (χ4n) is 3.10. The predicted octanol–water partition coefficient (Wildman–Crippen LogP) is 4.43. The van der Waals surface area contributed by atoms with Crippen molar-refractivity contribution in [1.29, 1.82) is 0 Å². The Balaban J connectivity index is 2.04. The van der Waals surface area contributed by atoms with E-state index in [9.17, 15) is 9.59 Å². The first-order chi connectivity index (χ1) is 14.8. The monoisotopic (exact) mass is 442 g/mol. The number of benzene rings is 2. The molecule has 0 radical (unpaired) electrons. The van der Waals surface area contributed by atoms with Gasteiger partial charge in [0.05, 0.1) is 12.9 Å². The number of methoxy groups -OCH3 is 1. The summed E-state index contributed by atoms with van der Waals surface area (Å²) >= 11 is 1.55. The van der Waals surface area contributed by atoms with Crippen LogP contribution in [0.4, 0.5) is 0 Å². The van der Waals surface area contributed by atoms with Crippen molar-refractivity contribution >= 4 is 23.6 Å². The number of ether oxygens (including phenoxy) is 1. The van der Waals surface area contributed by atoms with Crippen molar-refractivity contribution in [3.05, 3.63) is 65.2 Å². The molecule has 1 atom stereocenters. The molecule has 168 valence electrons. The van der Waals surface area contributed by atoms with Crippen LogP contribution in [0.15, 0.2) is 48.5 Å². The minimum Gasteiger partial charge on any atom is -0.497 e. The Morgan fingerprint density at radius 3 is 2.39 bits per heavy atom. The summed E-state index contributed by atoms with van der Waals surface area (Å²) < 4.78 is 5.19. The first kappa shape index (κ1) is 24.8. The Kier molecular flexibility index (Phi) is 9.92. The molecule has 2 rings (SSSR count). The molecular weight excluding hydrogens is 408 g/mol. The lowest BCUT2D eigenvalue weighted by Gasteiger charge is -2.29. The molecule has 2 amide bonds. The summed E-state index contributed by atoms with van der Waals surface area (Å²) in [6, 6.07) is 15.4. The smallest absolute Gasteiger partial charge is 0.242 e. The molecule has 0 aliphatic heterocycles. The topological polar surface area (TPSA) is 58.6 Å². The lowest BCUT2D eigenvalue weighted by Crippen LogP contribution is -2.48. The lowest BCUT2D eigenvalue weighted by atomic mass is 10.1. The van der Waals surface area contributed by atoms with E-state index in [0.29, 0.717) is 24.8 Å². The number of thioether (sulfide) groups is 1. The largest absolute Gasteiger partial charge is 0.497 e. The maximum absolute atomic E-state index is 13.1. The standard InChI is InChI=1S/C25H34N2O3S/c1-18(2)14-26-25(29)20(4)27(15-22-8-6-7-19(3)13-22)24(28)17-31-16-21-9-11-23(30-5)12-10-21/h6-13,18,20H,14-17H2,1-5H3,(H,26,29)/t20-/m1/s1. The minimum absolute atomic E-state index is 0.0350. The zero-order chi connectivity index (χ0) is 22.8. The van der Waals surface area contributed by atoms with Gasteiger partial charge in [-0.3, -0.25) is 9.59 Å². The molecule has 6 heteroatoms. The van der Waals surface area contributed by atoms with Gasteiger partial charge >= 0.3 is 0 Å². The third-order valence-corrected chi connectivity index (χ3v) is 5.93. The Labute approximate surface area is 190 Å². The molecule has 0 heterocycles. The number of rotatable bonds is 11. The number of nitrogens with zero attached hydrogens (tertiary/aromatic N) is 1. The second kappa shape index (κ2) is 12.4. The third kappa shape index (κ3) is 8.29. The molecule has 1 N–H and O–H groups in total. The highest BCUT2D eigenvalue weighted by Crippen LogP contribution is 2.18. The summed E-state index contributed by atoms with van der Waals surface area (Å²) in [5, 5.41) is 2.96. The van der Waals surface area contributed by atoms with Crippen molar-refractivity contribution in [3.63, 3.8) is 0 Å². The minimum atomic E-state index is -0.534. The Morgan fingerprint density at radius 2 is 1.77 bits per heavy atom. The molecule has 0 spiro atoms. The molecule has 0 aliphatic rings. The Hall–Kier alpha value is -2.47. The Bertz CT molecular complexity index is 852. The molecule has 2 aromatic carbocycles. The van der Waals surface area contributed by atoms with Gasteiger partial charge in [0, 0.05) is 18.8 Å². The number of nitrogens with one attached hydrogen (secondary N) is 1. The van der Waals surface area contributed by atoms with E-state index in [1.54, 1.807) is 30.7 Å². The number of aryl methyl sites for hydroxylation is 1. The summed E-state index contributed by atoms with van der Waals surface area (Å²) in [7, 11) is 1.64. The molecule has 0 bridgehead atoms. The molecule has 0 aliphatic carbocycles. The molecule has 0 saturated heterocycles. The van der Waals surface area contributed by atoms with Gasteiger partial charge in [0.15, 0.2) is 0 Å². The van der Waals surface area contributed by atoms with E-state index < -0.39 is 6.04 Å². The van der Waals surface area contributed by atoms with E-state index in [2.05, 4.69) is 25.2 Å². The number of carbonyl (C=O) groups is 2. The van der Waals surface area contributed by atoms with Gasteiger partial charge in [0.25, 0.3) is 0 Å². The molecule has 0 aromatic heterocycles. The van der Waals surface area contributed by atoms with E-state index in [0.717, 1.165) is 28.2 Å². The van der Waals surface area contributed by atoms with Crippen LogP contribution in [0.1, 0.15) is 37.5 Å². The summed E-state index contributed by atoms with van der Waals surface area (Å²) in [4.78, 5) is 27.5. The van der Waals surface area contributed by atoms with Crippen LogP contribution in [0.5, 0.6) is 5.75 Å². The third-order valence-electron chi connectivity index (χ3n) is 4.94. The zero-order valence-electron chi connectivity index (χ0n) is 19.2. The summed E-state index contributed by atoms with van der Waals surface area (Å²) in [5.74, 6) is 2.07. The predicted molar refractivity (Wildman–Crippen MR) is 128 cm³/mol. The summed E-state index contributed by atoms with van der Waals surface area (Å²) in [5.41, 5.74) is 3.29. The van der Waals surface area contributed by atoms with Gasteiger partial charge in [0.1, 0.15) is 11.8 Å². The molecular formula is C25H34N2O3S. The first-order valence-electron chi connectivity index (χ1n) is 10.6. The molecule has 0 fully saturated rings. The van der Waals surface area contributed by atoms with Crippen LogP contribution in [-0.2, 0) is 21.9 Å². The van der Waals surface area contributed by atoms with Gasteiger partial charge in [-0.15, -0.1) is 11.8 Å². The number of hydrogen-bond donors (Lipinski definition) is 1. The highest BCUT2D eigenvalue weighted by molar-refractivity contribution is 7.99. The van der Waals surface area contributed by atoms with Crippen molar-refractivity contribution in [3.8, 4) is 5.75 Å². The zero-order valence-corrected chi connectivity index (χ0v) is 20.0. The van der Waals surface area contributed by atoms with Crippen molar-refractivity contribution in [2.75, 3.05) is 19.4 Å². The van der Waals surface area contributed by atoms with Crippen LogP contribution in [-0.4, -0.2) is 42.2 Å². The van der Waals surface area contributed by atoms with Gasteiger partial charge in [0.2, 0.25) is 11.8 Å². The quantitative estimate of drug-likeness (QED) is 0.559. The lowest BCUT2D eigenvalue weighted by molar-refractivity contribution is -0.138. The van der Waals surface area contributed by atoms with Crippen molar-refractivity contribution < 1.29 is 14.3 Å². The van der Waals surface area contributed by atoms with Gasteiger partial charge in [-0.25, -0.2) is 0 Å². The van der Waals surface area contributed by atoms with Gasteiger partial charge < -0.3 is 15.0 Å². The van der Waals surface area contributed by atoms with Crippen molar-refractivity contribution in [2.24, 2.45) is 5.92 Å². The summed E-state index contributed by atoms with van der Waals surface area (Å²) in [6.07, 6.45) is 0. The van der Waals surface area contributed by atoms with E-state index >= 15 is 0 Å². The van der Waals surface area contributed by atoms with Crippen LogP contribution < -0.4 is 10.1 Å². The maximum Gasteiger partial charge on any atom is 0.242 e. The molecule has 0 saturated carbocycles. The van der Waals surface area contributed by atoms with E-state index in [1.165, 1.54) is 0 Å². The molecule has 31 heavy (non-hydrogen) atoms. The number of amides is 2. The molecule has 5 nitrogen and oxygen atoms in total. The van der Waals surface area contributed by atoms with Crippen LogP contribution in [0, 0.1) is 12.8 Å². The van der Waals surface area contributed by atoms with E-state index in [1.807, 2.05) is 49.4 Å². The van der Waals surface area contributed by atoms with Crippen molar-refractivity contribution in [1.82, 2.24) is 10.2 Å². The normalized spacial score (nSPS) is 11.8. The summed E-state index contributed by atoms with van der Waals surface area (Å²) in [6.45, 7) is 8.95. The second-order valence-electron chi connectivity index (χ2n) is 8.17. The van der Waals surface area contributed by atoms with Crippen LogP contribution in [0.3, 0.4) is 0 Å². The average Bonchev–Trinajstić information content (AvgIpc) is 2.75. The highest BCUT2D eigenvalue weighted by atomic mass is 32.2. The molecule has 0 unspecified atom stereocenters. The second-order valence-corrected chi connectivity index (χ2v) is 9.15. The first-order valence-corrected chi connectivity index (χ1v) is 11.8. The van der Waals surface area contributed by atoms with Crippen molar-refractivity contribution in [2.45, 2.75) is 46.0 Å². The van der Waals surface area contributed by atoms with Gasteiger partial charge in [-0.05, 0) is 43.0 Å². The molecule has 2 aromatic rings. The van der Waals surface area contributed by atoms with E-state index in [4.69, 9.17) is 4.74 Å². The SMILES string of the molecule is COc1ccc(CSCC(=O)N(Cc2cccc(C)c2)[C@H](C)C(=O)NCC(C)C)cc1. The Morgan fingerprint density at radius 1 is 1.06 bits per heavy atom. The van der Waals surface area contributed by atoms with Crippen LogP contribution >= 0.6 is 11.8 Å². The van der Waals surface area contributed by atoms with Gasteiger partial charge in [-0.2, -0.15) is 0 Å². The average molecular weight is 443 g/mol. The number of carbonyl (C=O) groups excluding carboxylic acids is 2. The highest BCUT2D eigenvalue weighted by Gasteiger charge is 2.26. The van der Waals surface area contributed by atoms with Gasteiger partial charge in [-0.1, -0.05) is 55.8 Å². The fraction of sp³-hybridized carbons (Fsp3) is 0.440.